The van der Waals surface area contributed by atoms with Crippen molar-refractivity contribution in [1.82, 2.24) is 0 Å². The largest absolute Gasteiger partial charge is 0.544 e. The molecule has 0 aliphatic carbocycles. The van der Waals surface area contributed by atoms with Crippen molar-refractivity contribution in [2.24, 2.45) is 0 Å². The van der Waals surface area contributed by atoms with Crippen molar-refractivity contribution in [3.63, 3.8) is 0 Å². The number of aliphatic carboxylic acids is 1. The lowest BCUT2D eigenvalue weighted by molar-refractivity contribution is -0.889. The highest BCUT2D eigenvalue weighted by atomic mass is 16.6. The van der Waals surface area contributed by atoms with Crippen LogP contribution in [0.2, 0.25) is 0 Å². The van der Waals surface area contributed by atoms with Crippen molar-refractivity contribution in [3.05, 3.63) is 97.2 Å². The molecule has 0 aromatic carbocycles. The molecule has 0 heterocycles. The average Bonchev–Trinajstić information content (AvgIpc) is 3.21. The Balaban J connectivity index is 4.41. The van der Waals surface area contributed by atoms with Crippen molar-refractivity contribution in [2.75, 3.05) is 41.0 Å². The summed E-state index contributed by atoms with van der Waals surface area (Å²) < 4.78 is 17.1. The molecule has 0 aliphatic heterocycles. The first-order valence-electron chi connectivity index (χ1n) is 23.3. The van der Waals surface area contributed by atoms with Crippen molar-refractivity contribution < 1.29 is 38.2 Å². The standard InChI is InChI=1S/C52H85NO7/c1-6-8-10-12-14-16-18-20-22-24-25-27-28-30-32-34-36-38-40-42-50(54)59-47-48(46-58-45-44-49(52(56)57)53(3,4)5)60-51(55)43-41-39-37-35-33-31-29-26-23-21-19-17-15-13-11-9-7-2/h8-11,14-17,20-23,29,31,35,37,48-49H,6-7,12-13,18-19,24-28,30,32-34,36,38-47H2,1-5H3/b10-8+,11-9+,16-14+,17-15+,22-20+,23-21+,31-29+,37-35+. The van der Waals surface area contributed by atoms with E-state index in [0.717, 1.165) is 83.5 Å². The minimum absolute atomic E-state index is 0.0103. The Kier molecular flexibility index (Phi) is 39.3. The number of hydrogen-bond donors (Lipinski definition) is 0. The quantitative estimate of drug-likeness (QED) is 0.0262. The first-order chi connectivity index (χ1) is 29.1. The molecule has 8 nitrogen and oxygen atoms in total. The number of unbranched alkanes of at least 4 members (excludes halogenated alkanes) is 10. The van der Waals surface area contributed by atoms with E-state index in [1.54, 1.807) is 21.1 Å². The minimum atomic E-state index is -1.14. The Labute approximate surface area is 366 Å². The summed E-state index contributed by atoms with van der Waals surface area (Å²) in [4.78, 5) is 36.9. The van der Waals surface area contributed by atoms with Crippen molar-refractivity contribution in [2.45, 2.75) is 174 Å². The molecule has 2 atom stereocenters. The maximum atomic E-state index is 12.7. The second kappa shape index (κ2) is 42.0. The molecule has 0 amide bonds. The van der Waals surface area contributed by atoms with Crippen LogP contribution in [0, 0.1) is 0 Å². The Bertz CT molecular complexity index is 1300. The van der Waals surface area contributed by atoms with E-state index in [0.29, 0.717) is 12.8 Å². The molecule has 340 valence electrons. The minimum Gasteiger partial charge on any atom is -0.544 e. The number of esters is 2. The van der Waals surface area contributed by atoms with Gasteiger partial charge in [0.15, 0.2) is 6.10 Å². The van der Waals surface area contributed by atoms with E-state index in [1.165, 1.54) is 38.5 Å². The fourth-order valence-electron chi connectivity index (χ4n) is 6.18. The van der Waals surface area contributed by atoms with Gasteiger partial charge in [-0.25, -0.2) is 0 Å². The molecule has 0 aliphatic rings. The van der Waals surface area contributed by atoms with Crippen LogP contribution in [0.5, 0.6) is 0 Å². The number of carboxylic acids is 1. The van der Waals surface area contributed by atoms with Crippen molar-refractivity contribution >= 4 is 17.9 Å². The monoisotopic (exact) mass is 836 g/mol. The van der Waals surface area contributed by atoms with E-state index in [4.69, 9.17) is 14.2 Å². The predicted octanol–water partition coefficient (Wildman–Crippen LogP) is 11.7. The molecule has 0 rings (SSSR count). The van der Waals surface area contributed by atoms with Gasteiger partial charge in [-0.3, -0.25) is 9.59 Å². The molecule has 60 heavy (non-hydrogen) atoms. The summed E-state index contributed by atoms with van der Waals surface area (Å²) in [6, 6.07) is -0.742. The first-order valence-corrected chi connectivity index (χ1v) is 23.3. The summed E-state index contributed by atoms with van der Waals surface area (Å²) in [6.07, 6.45) is 55.8. The van der Waals surface area contributed by atoms with E-state index in [-0.39, 0.29) is 49.1 Å². The van der Waals surface area contributed by atoms with Gasteiger partial charge in [-0.2, -0.15) is 0 Å². The maximum Gasteiger partial charge on any atom is 0.306 e. The van der Waals surface area contributed by atoms with Crippen LogP contribution in [0.15, 0.2) is 97.2 Å². The van der Waals surface area contributed by atoms with Crippen molar-refractivity contribution in [1.29, 1.82) is 0 Å². The Hall–Kier alpha value is -3.75. The Morgan fingerprint density at radius 1 is 0.500 bits per heavy atom. The van der Waals surface area contributed by atoms with E-state index >= 15 is 0 Å². The summed E-state index contributed by atoms with van der Waals surface area (Å²) in [7, 11) is 5.38. The second-order valence-corrected chi connectivity index (χ2v) is 16.2. The van der Waals surface area contributed by atoms with Gasteiger partial charge in [0.05, 0.1) is 40.3 Å². The van der Waals surface area contributed by atoms with Crippen LogP contribution in [-0.2, 0) is 28.6 Å². The highest BCUT2D eigenvalue weighted by Gasteiger charge is 2.25. The van der Waals surface area contributed by atoms with Gasteiger partial charge in [-0.05, 0) is 83.5 Å². The van der Waals surface area contributed by atoms with Gasteiger partial charge in [-0.1, -0.05) is 156 Å². The van der Waals surface area contributed by atoms with E-state index in [9.17, 15) is 19.5 Å². The maximum absolute atomic E-state index is 12.7. The van der Waals surface area contributed by atoms with E-state index < -0.39 is 18.1 Å². The van der Waals surface area contributed by atoms with Gasteiger partial charge in [0.25, 0.3) is 0 Å². The molecule has 0 bridgehead atoms. The third kappa shape index (κ3) is 39.7. The lowest BCUT2D eigenvalue weighted by Gasteiger charge is -2.34. The molecule has 8 heteroatoms. The molecule has 0 radical (unpaired) electrons. The zero-order valence-corrected chi connectivity index (χ0v) is 38.6. The number of quaternary nitrogens is 1. The molecule has 2 unspecified atom stereocenters. The summed E-state index contributed by atoms with van der Waals surface area (Å²) in [5.74, 6) is -1.83. The van der Waals surface area contributed by atoms with Crippen LogP contribution in [0.4, 0.5) is 0 Å². The number of allylic oxidation sites excluding steroid dienone is 16. The lowest BCUT2D eigenvalue weighted by Crippen LogP contribution is -2.55. The van der Waals surface area contributed by atoms with Crippen LogP contribution < -0.4 is 5.11 Å². The number of ether oxygens (including phenoxy) is 3. The van der Waals surface area contributed by atoms with Crippen LogP contribution in [0.1, 0.15) is 162 Å². The van der Waals surface area contributed by atoms with Crippen LogP contribution in [0.25, 0.3) is 0 Å². The lowest BCUT2D eigenvalue weighted by atomic mass is 10.1. The number of carbonyl (C=O) groups excluding carboxylic acids is 3. The van der Waals surface area contributed by atoms with Crippen LogP contribution in [-0.4, -0.2) is 75.5 Å². The van der Waals surface area contributed by atoms with E-state index in [1.807, 2.05) is 0 Å². The smallest absolute Gasteiger partial charge is 0.306 e. The fraction of sp³-hybridized carbons (Fsp3) is 0.635. The molecule has 0 aromatic heterocycles. The van der Waals surface area contributed by atoms with Gasteiger partial charge in [0, 0.05) is 19.3 Å². The molecule has 0 N–H and O–H groups in total. The number of carboxylic acid groups (broad SMARTS) is 1. The second-order valence-electron chi connectivity index (χ2n) is 16.2. The molecular weight excluding hydrogens is 751 g/mol. The molecule has 0 saturated carbocycles. The van der Waals surface area contributed by atoms with Crippen LogP contribution >= 0.6 is 0 Å². The number of likely N-dealkylation sites (N-methyl/N-ethyl adjacent to an activating group) is 1. The molecule has 0 spiro atoms. The summed E-state index contributed by atoms with van der Waals surface area (Å²) in [5, 5.41) is 11.6. The normalized spacial score (nSPS) is 13.8. The van der Waals surface area contributed by atoms with Gasteiger partial charge in [0.1, 0.15) is 12.6 Å². The first kappa shape index (κ1) is 56.2. The SMILES string of the molecule is CC/C=C/C/C=C/C/C=C/C/C=C/C/C=C/CCCC(=O)OC(COCCC(C(=O)[O-])[N+](C)(C)C)COC(=O)CCCCCCCCCCC/C=C/C/C=C/C/C=C/CC. The highest BCUT2D eigenvalue weighted by molar-refractivity contribution is 5.70. The molecule has 0 fully saturated rings. The number of carbonyl (C=O) groups is 3. The third-order valence-corrected chi connectivity index (χ3v) is 9.72. The zero-order valence-electron chi connectivity index (χ0n) is 38.6. The predicted molar refractivity (Wildman–Crippen MR) is 249 cm³/mol. The van der Waals surface area contributed by atoms with Gasteiger partial charge in [0.2, 0.25) is 0 Å². The van der Waals surface area contributed by atoms with E-state index in [2.05, 4.69) is 111 Å². The highest BCUT2D eigenvalue weighted by Crippen LogP contribution is 2.13. The van der Waals surface area contributed by atoms with Gasteiger partial charge >= 0.3 is 11.9 Å². The summed E-state index contributed by atoms with van der Waals surface area (Å²) in [5.41, 5.74) is 0. The van der Waals surface area contributed by atoms with Crippen LogP contribution in [0.3, 0.4) is 0 Å². The molecule has 0 saturated heterocycles. The third-order valence-electron chi connectivity index (χ3n) is 9.72. The summed E-state index contributed by atoms with van der Waals surface area (Å²) >= 11 is 0. The average molecular weight is 836 g/mol. The zero-order chi connectivity index (χ0) is 44.2. The van der Waals surface area contributed by atoms with Crippen molar-refractivity contribution in [3.8, 4) is 0 Å². The number of nitrogens with zero attached hydrogens (tertiary/aromatic N) is 1. The topological polar surface area (TPSA) is 102 Å². The molecule has 0 aromatic rings. The summed E-state index contributed by atoms with van der Waals surface area (Å²) in [6.45, 7) is 4.36. The van der Waals surface area contributed by atoms with Gasteiger partial charge in [-0.15, -0.1) is 0 Å². The fourth-order valence-corrected chi connectivity index (χ4v) is 6.18. The number of rotatable bonds is 40. The Morgan fingerprint density at radius 2 is 0.900 bits per heavy atom. The van der Waals surface area contributed by atoms with Gasteiger partial charge < -0.3 is 28.6 Å². The Morgan fingerprint density at radius 3 is 1.35 bits per heavy atom. The number of hydrogen-bond acceptors (Lipinski definition) is 7. The molecular formula is C52H85NO7.